The van der Waals surface area contributed by atoms with Gasteiger partial charge in [0.1, 0.15) is 11.8 Å². The topological polar surface area (TPSA) is 15.4 Å². The molecule has 0 spiro atoms. The van der Waals surface area contributed by atoms with Crippen LogP contribution in [0.5, 0.6) is 0 Å². The second kappa shape index (κ2) is 2.19. The lowest BCUT2D eigenvalue weighted by atomic mass is 10.1. The summed E-state index contributed by atoms with van der Waals surface area (Å²) in [5.74, 6) is 0. The summed E-state index contributed by atoms with van der Waals surface area (Å²) >= 11 is 0. The molecule has 1 atom stereocenters. The van der Waals surface area contributed by atoms with Crippen molar-refractivity contribution in [2.24, 2.45) is 4.99 Å². The van der Waals surface area contributed by atoms with Crippen LogP contribution in [0.3, 0.4) is 0 Å². The Bertz CT molecular complexity index is 184. The van der Waals surface area contributed by atoms with E-state index in [-0.39, 0.29) is 5.54 Å². The van der Waals surface area contributed by atoms with Crippen molar-refractivity contribution in [1.82, 2.24) is 0 Å². The Labute approximate surface area is 62.3 Å². The average molecular weight is 139 g/mol. The molecule has 56 valence electrons. The highest BCUT2D eigenvalue weighted by Gasteiger charge is 2.24. The summed E-state index contributed by atoms with van der Waals surface area (Å²) in [6.07, 6.45) is 4.05. The van der Waals surface area contributed by atoms with Gasteiger partial charge in [-0.05, 0) is 27.7 Å². The molecule has 0 N–H and O–H groups in total. The summed E-state index contributed by atoms with van der Waals surface area (Å²) in [6.45, 7) is 8.61. The van der Waals surface area contributed by atoms with E-state index in [0.29, 0.717) is 6.04 Å². The predicted molar refractivity (Wildman–Crippen MR) is 44.0 cm³/mol. The summed E-state index contributed by atoms with van der Waals surface area (Å²) in [6, 6.07) is 0.360. The molecule has 2 heteroatoms. The third kappa shape index (κ3) is 1.43. The molecule has 10 heavy (non-hydrogen) atoms. The van der Waals surface area contributed by atoms with E-state index >= 15 is 0 Å². The SMILES string of the molecule is CC1C=[N+](C(C)(C)C)C=N1. The van der Waals surface area contributed by atoms with Gasteiger partial charge in [-0.25, -0.2) is 4.58 Å². The molecule has 1 rings (SSSR count). The fourth-order valence-corrected chi connectivity index (χ4v) is 0.883. The normalized spacial score (nSPS) is 25.2. The van der Waals surface area contributed by atoms with Crippen LogP contribution in [-0.2, 0) is 0 Å². The summed E-state index contributed by atoms with van der Waals surface area (Å²) in [4.78, 5) is 4.23. The molecule has 0 amide bonds. The molecule has 0 aromatic carbocycles. The Kier molecular flexibility index (Phi) is 1.63. The van der Waals surface area contributed by atoms with E-state index in [1.807, 2.05) is 6.34 Å². The van der Waals surface area contributed by atoms with Crippen molar-refractivity contribution < 1.29 is 4.58 Å². The zero-order chi connectivity index (χ0) is 7.78. The molecule has 0 aliphatic carbocycles. The highest BCUT2D eigenvalue weighted by atomic mass is 15.1. The van der Waals surface area contributed by atoms with Gasteiger partial charge in [-0.15, -0.1) is 0 Å². The molecular formula is C8H15N2+. The maximum absolute atomic E-state index is 4.23. The highest BCUT2D eigenvalue weighted by Crippen LogP contribution is 2.07. The van der Waals surface area contributed by atoms with Gasteiger partial charge in [-0.3, -0.25) is 0 Å². The number of rotatable bonds is 0. The van der Waals surface area contributed by atoms with Crippen LogP contribution in [-0.4, -0.2) is 28.7 Å². The van der Waals surface area contributed by atoms with Crippen molar-refractivity contribution in [2.45, 2.75) is 39.3 Å². The van der Waals surface area contributed by atoms with Crippen LogP contribution >= 0.6 is 0 Å². The Balaban J connectivity index is 2.78. The van der Waals surface area contributed by atoms with Crippen LogP contribution in [0.25, 0.3) is 0 Å². The molecule has 0 saturated heterocycles. The zero-order valence-electron chi connectivity index (χ0n) is 7.13. The number of aliphatic imine (C=N–C) groups is 1. The van der Waals surface area contributed by atoms with E-state index in [1.54, 1.807) is 0 Å². The van der Waals surface area contributed by atoms with E-state index in [2.05, 4.69) is 43.5 Å². The monoisotopic (exact) mass is 139 g/mol. The van der Waals surface area contributed by atoms with Crippen molar-refractivity contribution in [3.63, 3.8) is 0 Å². The first kappa shape index (κ1) is 7.45. The van der Waals surface area contributed by atoms with Crippen molar-refractivity contribution in [3.05, 3.63) is 0 Å². The lowest BCUT2D eigenvalue weighted by molar-refractivity contribution is -0.476. The Hall–Kier alpha value is -0.660. The van der Waals surface area contributed by atoms with Crippen molar-refractivity contribution in [1.29, 1.82) is 0 Å². The van der Waals surface area contributed by atoms with Crippen LogP contribution < -0.4 is 0 Å². The van der Waals surface area contributed by atoms with Crippen LogP contribution in [0.2, 0.25) is 0 Å². The van der Waals surface area contributed by atoms with E-state index in [4.69, 9.17) is 0 Å². The van der Waals surface area contributed by atoms with Crippen LogP contribution in [0, 0.1) is 0 Å². The number of nitrogens with zero attached hydrogens (tertiary/aromatic N) is 2. The summed E-state index contributed by atoms with van der Waals surface area (Å²) in [5.41, 5.74) is 0.189. The van der Waals surface area contributed by atoms with Gasteiger partial charge in [0.2, 0.25) is 0 Å². The summed E-state index contributed by atoms with van der Waals surface area (Å²) in [7, 11) is 0. The predicted octanol–water partition coefficient (Wildman–Crippen LogP) is 1.30. The second-order valence-corrected chi connectivity index (χ2v) is 3.73. The lowest BCUT2D eigenvalue weighted by Gasteiger charge is -2.14. The average Bonchev–Trinajstić information content (AvgIpc) is 2.11. The van der Waals surface area contributed by atoms with Gasteiger partial charge in [-0.2, -0.15) is 0 Å². The molecule has 0 radical (unpaired) electrons. The minimum atomic E-state index is 0.189. The van der Waals surface area contributed by atoms with Gasteiger partial charge in [0.05, 0.1) is 0 Å². The van der Waals surface area contributed by atoms with Crippen LogP contribution in [0.15, 0.2) is 4.99 Å². The molecule has 1 aliphatic heterocycles. The maximum atomic E-state index is 4.23. The molecule has 0 saturated carbocycles. The first-order chi connectivity index (χ1) is 4.50. The first-order valence-corrected chi connectivity index (χ1v) is 3.67. The molecule has 1 heterocycles. The lowest BCUT2D eigenvalue weighted by Crippen LogP contribution is -2.31. The van der Waals surface area contributed by atoms with Crippen LogP contribution in [0.1, 0.15) is 27.7 Å². The van der Waals surface area contributed by atoms with E-state index in [9.17, 15) is 0 Å². The molecule has 1 aliphatic rings. The molecule has 1 unspecified atom stereocenters. The van der Waals surface area contributed by atoms with E-state index in [0.717, 1.165) is 0 Å². The quantitative estimate of drug-likeness (QED) is 0.449. The number of hydrogen-bond donors (Lipinski definition) is 0. The fourth-order valence-electron chi connectivity index (χ4n) is 0.883. The third-order valence-electron chi connectivity index (χ3n) is 1.58. The largest absolute Gasteiger partial charge is 0.281 e. The molecule has 2 nitrogen and oxygen atoms in total. The standard InChI is InChI=1S/C8H15N2/c1-7-5-10(6-9-7)8(2,3)4/h5-7H,1-4H3/q+1. The number of hydrogen-bond acceptors (Lipinski definition) is 1. The Morgan fingerprint density at radius 1 is 1.40 bits per heavy atom. The van der Waals surface area contributed by atoms with Gasteiger partial charge < -0.3 is 0 Å². The Morgan fingerprint density at radius 3 is 2.20 bits per heavy atom. The minimum absolute atomic E-state index is 0.189. The van der Waals surface area contributed by atoms with E-state index < -0.39 is 0 Å². The van der Waals surface area contributed by atoms with Crippen LogP contribution in [0.4, 0.5) is 0 Å². The molecule has 0 fully saturated rings. The molecule has 0 aromatic heterocycles. The molecular weight excluding hydrogens is 124 g/mol. The Morgan fingerprint density at radius 2 is 2.00 bits per heavy atom. The van der Waals surface area contributed by atoms with Crippen molar-refractivity contribution >= 4 is 12.6 Å². The highest BCUT2D eigenvalue weighted by molar-refractivity contribution is 5.71. The fraction of sp³-hybridized carbons (Fsp3) is 0.750. The molecule has 0 bridgehead atoms. The van der Waals surface area contributed by atoms with E-state index in [1.165, 1.54) is 0 Å². The van der Waals surface area contributed by atoms with Gasteiger partial charge >= 0.3 is 0 Å². The second-order valence-electron chi connectivity index (χ2n) is 3.73. The van der Waals surface area contributed by atoms with Gasteiger partial charge in [-0.1, -0.05) is 4.99 Å². The first-order valence-electron chi connectivity index (χ1n) is 3.67. The van der Waals surface area contributed by atoms with Crippen molar-refractivity contribution in [3.8, 4) is 0 Å². The smallest absolute Gasteiger partial charge is 0.232 e. The zero-order valence-corrected chi connectivity index (χ0v) is 7.13. The summed E-state index contributed by atoms with van der Waals surface area (Å²) < 4.78 is 2.15. The minimum Gasteiger partial charge on any atom is -0.232 e. The third-order valence-corrected chi connectivity index (χ3v) is 1.58. The summed E-state index contributed by atoms with van der Waals surface area (Å²) in [5, 5.41) is 0. The molecule has 0 aromatic rings. The van der Waals surface area contributed by atoms with Gasteiger partial charge in [0.15, 0.2) is 6.04 Å². The van der Waals surface area contributed by atoms with Crippen molar-refractivity contribution in [2.75, 3.05) is 0 Å². The van der Waals surface area contributed by atoms with Gasteiger partial charge in [0, 0.05) is 0 Å². The maximum Gasteiger partial charge on any atom is 0.281 e. The van der Waals surface area contributed by atoms with Gasteiger partial charge in [0.25, 0.3) is 6.34 Å².